The van der Waals surface area contributed by atoms with E-state index in [0.717, 1.165) is 31.5 Å². The number of carbonyl (C=O) groups excluding carboxylic acids is 3. The Bertz CT molecular complexity index is 839. The highest BCUT2D eigenvalue weighted by molar-refractivity contribution is 5.96. The maximum Gasteiger partial charge on any atom is 0.410 e. The summed E-state index contributed by atoms with van der Waals surface area (Å²) in [6, 6.07) is 5.22. The number of nitrogens with zero attached hydrogens (tertiary/aromatic N) is 2. The molecule has 4 amide bonds. The molecule has 0 atom stereocenters. The maximum absolute atomic E-state index is 12.3. The molecule has 0 bridgehead atoms. The quantitative estimate of drug-likeness (QED) is 0.625. The summed E-state index contributed by atoms with van der Waals surface area (Å²) in [7, 11) is 0. The van der Waals surface area contributed by atoms with Crippen LogP contribution in [0.4, 0.5) is 21.0 Å². The molecule has 1 aromatic carbocycles. The Kier molecular flexibility index (Phi) is 7.60. The van der Waals surface area contributed by atoms with E-state index in [0.29, 0.717) is 37.6 Å². The lowest BCUT2D eigenvalue weighted by Gasteiger charge is -2.35. The van der Waals surface area contributed by atoms with Crippen molar-refractivity contribution in [2.24, 2.45) is 5.92 Å². The Balaban J connectivity index is 1.37. The van der Waals surface area contributed by atoms with Crippen LogP contribution in [0.15, 0.2) is 18.2 Å². The summed E-state index contributed by atoms with van der Waals surface area (Å²) >= 11 is 0. The van der Waals surface area contributed by atoms with Crippen LogP contribution in [0.25, 0.3) is 0 Å². The van der Waals surface area contributed by atoms with Gasteiger partial charge >= 0.3 is 12.1 Å². The minimum absolute atomic E-state index is 0.0380. The molecule has 1 aromatic rings. The van der Waals surface area contributed by atoms with Crippen LogP contribution in [0, 0.1) is 12.8 Å². The first-order valence-corrected chi connectivity index (χ1v) is 11.3. The average Bonchev–Trinajstić information content (AvgIpc) is 3.55. The lowest BCUT2D eigenvalue weighted by atomic mass is 10.1. The Morgan fingerprint density at radius 2 is 1.75 bits per heavy atom. The molecule has 0 radical (unpaired) electrons. The topological polar surface area (TPSA) is 103 Å². The Morgan fingerprint density at radius 1 is 1.06 bits per heavy atom. The van der Waals surface area contributed by atoms with Gasteiger partial charge in [0.2, 0.25) is 5.91 Å². The average molecular weight is 446 g/mol. The minimum atomic E-state index is -0.494. The molecule has 1 saturated carbocycles. The number of aryl methyl sites for hydroxylation is 1. The van der Waals surface area contributed by atoms with Crippen LogP contribution in [-0.2, 0) is 9.53 Å². The van der Waals surface area contributed by atoms with E-state index in [9.17, 15) is 14.4 Å². The molecule has 2 fully saturated rings. The van der Waals surface area contributed by atoms with E-state index in [4.69, 9.17) is 4.74 Å². The fraction of sp³-hybridized carbons (Fsp3) is 0.609. The number of rotatable bonds is 6. The standard InChI is InChI=1S/C23H35N5O4/c1-16-5-8-18(25-20(29)17-6-7-17)15-19(16)26-21(30)24-9-10-27-11-13-28(14-12-27)22(31)32-23(2,3)4/h5,8,15,17H,6-7,9-14H2,1-4H3,(H,25,29)(H2,24,26,30). The van der Waals surface area contributed by atoms with Gasteiger partial charge in [-0.2, -0.15) is 0 Å². The molecule has 176 valence electrons. The third kappa shape index (κ3) is 7.40. The Morgan fingerprint density at radius 3 is 2.38 bits per heavy atom. The molecular formula is C23H35N5O4. The zero-order valence-corrected chi connectivity index (χ0v) is 19.5. The fourth-order valence-electron chi connectivity index (χ4n) is 3.40. The molecule has 1 aliphatic carbocycles. The fourth-order valence-corrected chi connectivity index (χ4v) is 3.40. The second kappa shape index (κ2) is 10.2. The first kappa shape index (κ1) is 23.8. The van der Waals surface area contributed by atoms with Crippen LogP contribution in [0.2, 0.25) is 0 Å². The van der Waals surface area contributed by atoms with Crippen LogP contribution >= 0.6 is 0 Å². The number of carbonyl (C=O) groups is 3. The largest absolute Gasteiger partial charge is 0.444 e. The minimum Gasteiger partial charge on any atom is -0.444 e. The molecule has 0 spiro atoms. The SMILES string of the molecule is Cc1ccc(NC(=O)C2CC2)cc1NC(=O)NCCN1CCN(C(=O)OC(C)(C)C)CC1. The molecule has 3 N–H and O–H groups in total. The second-order valence-corrected chi connectivity index (χ2v) is 9.48. The van der Waals surface area contributed by atoms with E-state index in [1.165, 1.54) is 0 Å². The second-order valence-electron chi connectivity index (χ2n) is 9.48. The summed E-state index contributed by atoms with van der Waals surface area (Å²) in [6.45, 7) is 11.4. The van der Waals surface area contributed by atoms with E-state index in [1.54, 1.807) is 11.0 Å². The van der Waals surface area contributed by atoms with Gasteiger partial charge in [-0.1, -0.05) is 6.07 Å². The van der Waals surface area contributed by atoms with Crippen LogP contribution in [0.3, 0.4) is 0 Å². The number of ether oxygens (including phenoxy) is 1. The van der Waals surface area contributed by atoms with Gasteiger partial charge in [-0.3, -0.25) is 9.69 Å². The van der Waals surface area contributed by atoms with Crippen molar-refractivity contribution in [3.8, 4) is 0 Å². The van der Waals surface area contributed by atoms with Crippen molar-refractivity contribution in [3.05, 3.63) is 23.8 Å². The van der Waals surface area contributed by atoms with Gasteiger partial charge in [0.25, 0.3) is 0 Å². The van der Waals surface area contributed by atoms with E-state index < -0.39 is 5.60 Å². The van der Waals surface area contributed by atoms with E-state index in [-0.39, 0.29) is 23.9 Å². The lowest BCUT2D eigenvalue weighted by Crippen LogP contribution is -2.51. The van der Waals surface area contributed by atoms with Gasteiger partial charge in [-0.05, 0) is 58.2 Å². The molecular weight excluding hydrogens is 410 g/mol. The number of hydrogen-bond donors (Lipinski definition) is 3. The first-order chi connectivity index (χ1) is 15.1. The molecule has 9 heteroatoms. The highest BCUT2D eigenvalue weighted by Gasteiger charge is 2.29. The normalized spacial score (nSPS) is 16.9. The zero-order valence-electron chi connectivity index (χ0n) is 19.5. The summed E-state index contributed by atoms with van der Waals surface area (Å²) in [4.78, 5) is 40.4. The zero-order chi connectivity index (χ0) is 23.3. The molecule has 1 saturated heterocycles. The molecule has 9 nitrogen and oxygen atoms in total. The first-order valence-electron chi connectivity index (χ1n) is 11.3. The Hall–Kier alpha value is -2.81. The van der Waals surface area contributed by atoms with Gasteiger partial charge in [0.15, 0.2) is 0 Å². The maximum atomic E-state index is 12.3. The van der Waals surface area contributed by atoms with Crippen LogP contribution in [0.5, 0.6) is 0 Å². The third-order valence-electron chi connectivity index (χ3n) is 5.44. The molecule has 3 rings (SSSR count). The Labute approximate surface area is 189 Å². The summed E-state index contributed by atoms with van der Waals surface area (Å²) in [5.74, 6) is 0.165. The van der Waals surface area contributed by atoms with Crippen LogP contribution in [-0.4, -0.2) is 72.7 Å². The van der Waals surface area contributed by atoms with Gasteiger partial charge in [-0.15, -0.1) is 0 Å². The molecule has 1 aliphatic heterocycles. The van der Waals surface area contributed by atoms with Crippen LogP contribution < -0.4 is 16.0 Å². The van der Waals surface area contributed by atoms with Crippen LogP contribution in [0.1, 0.15) is 39.2 Å². The van der Waals surface area contributed by atoms with Crippen molar-refractivity contribution in [1.82, 2.24) is 15.1 Å². The molecule has 1 heterocycles. The van der Waals surface area contributed by atoms with Crippen molar-refractivity contribution < 1.29 is 19.1 Å². The van der Waals surface area contributed by atoms with Gasteiger partial charge in [-0.25, -0.2) is 9.59 Å². The van der Waals surface area contributed by atoms with Crippen molar-refractivity contribution >= 4 is 29.4 Å². The lowest BCUT2D eigenvalue weighted by molar-refractivity contribution is -0.117. The summed E-state index contributed by atoms with van der Waals surface area (Å²) < 4.78 is 5.42. The number of amides is 4. The van der Waals surface area contributed by atoms with Gasteiger partial charge in [0, 0.05) is 56.6 Å². The van der Waals surface area contributed by atoms with Gasteiger partial charge < -0.3 is 25.6 Å². The number of benzene rings is 1. The summed E-state index contributed by atoms with van der Waals surface area (Å²) in [5, 5.41) is 8.64. The molecule has 32 heavy (non-hydrogen) atoms. The predicted molar refractivity (Wildman–Crippen MR) is 124 cm³/mol. The molecule has 2 aliphatic rings. The molecule has 0 unspecified atom stereocenters. The van der Waals surface area contributed by atoms with E-state index in [2.05, 4.69) is 20.9 Å². The summed E-state index contributed by atoms with van der Waals surface area (Å²) in [5.41, 5.74) is 1.78. The predicted octanol–water partition coefficient (Wildman–Crippen LogP) is 3.02. The smallest absolute Gasteiger partial charge is 0.410 e. The van der Waals surface area contributed by atoms with Gasteiger partial charge in [0.1, 0.15) is 5.60 Å². The van der Waals surface area contributed by atoms with E-state index >= 15 is 0 Å². The van der Waals surface area contributed by atoms with Crippen molar-refractivity contribution in [2.45, 2.75) is 46.1 Å². The van der Waals surface area contributed by atoms with Gasteiger partial charge in [0.05, 0.1) is 0 Å². The number of nitrogens with one attached hydrogen (secondary N) is 3. The number of anilines is 2. The number of urea groups is 1. The molecule has 0 aromatic heterocycles. The van der Waals surface area contributed by atoms with E-state index in [1.807, 2.05) is 39.8 Å². The highest BCUT2D eigenvalue weighted by atomic mass is 16.6. The summed E-state index contributed by atoms with van der Waals surface area (Å²) in [6.07, 6.45) is 1.61. The third-order valence-corrected chi connectivity index (χ3v) is 5.44. The highest BCUT2D eigenvalue weighted by Crippen LogP contribution is 2.30. The number of piperazine rings is 1. The monoisotopic (exact) mass is 445 g/mol. The van der Waals surface area contributed by atoms with Crippen molar-refractivity contribution in [1.29, 1.82) is 0 Å². The van der Waals surface area contributed by atoms with Crippen molar-refractivity contribution in [3.63, 3.8) is 0 Å². The van der Waals surface area contributed by atoms with Crippen molar-refractivity contribution in [2.75, 3.05) is 49.9 Å². The number of hydrogen-bond acceptors (Lipinski definition) is 5.